The lowest BCUT2D eigenvalue weighted by atomic mass is 10.1. The number of fused-ring (bicyclic) bond motifs is 2. The summed E-state index contributed by atoms with van der Waals surface area (Å²) in [4.78, 5) is 17.1. The molecule has 6 nitrogen and oxygen atoms in total. The number of aromatic nitrogens is 1. The van der Waals surface area contributed by atoms with Gasteiger partial charge in [0.1, 0.15) is 0 Å². The molecule has 0 radical (unpaired) electrons. The van der Waals surface area contributed by atoms with Crippen LogP contribution in [-0.2, 0) is 19.3 Å². The van der Waals surface area contributed by atoms with Crippen molar-refractivity contribution in [3.8, 4) is 11.5 Å². The Bertz CT molecular complexity index is 1370. The van der Waals surface area contributed by atoms with Gasteiger partial charge >= 0.3 is 6.18 Å². The molecule has 2 N–H and O–H groups in total. The van der Waals surface area contributed by atoms with Crippen molar-refractivity contribution in [3.05, 3.63) is 82.9 Å². The number of nitrogens with zero attached hydrogens (tertiary/aromatic N) is 1. The summed E-state index contributed by atoms with van der Waals surface area (Å²) < 4.78 is 50.2. The van der Waals surface area contributed by atoms with Gasteiger partial charge in [-0.3, -0.25) is 4.79 Å². The molecule has 3 aromatic carbocycles. The Morgan fingerprint density at radius 2 is 1.79 bits per heavy atom. The maximum atomic E-state index is 12.9. The topological polar surface area (TPSA) is 72.5 Å². The molecular formula is C24H18F3N3O3S. The lowest BCUT2D eigenvalue weighted by molar-refractivity contribution is -0.137. The van der Waals surface area contributed by atoms with Crippen LogP contribution in [0.1, 0.15) is 27.0 Å². The SMILES string of the molecule is O=C(NCc1cccc(C(F)(F)F)c1)c1ccc2nc(NCc3ccc4c(c3)OCO4)sc2c1. The van der Waals surface area contributed by atoms with E-state index in [2.05, 4.69) is 15.6 Å². The van der Waals surface area contributed by atoms with Gasteiger partial charge in [-0.1, -0.05) is 29.5 Å². The van der Waals surface area contributed by atoms with Gasteiger partial charge in [0, 0.05) is 18.7 Å². The summed E-state index contributed by atoms with van der Waals surface area (Å²) in [5.74, 6) is 1.06. The standard InChI is InChI=1S/C24H18F3N3O3S/c25-24(26,27)17-3-1-2-14(8-17)11-28-22(31)16-5-6-18-21(10-16)34-23(30-18)29-12-15-4-7-19-20(9-15)33-13-32-19/h1-10H,11-13H2,(H,28,31)(H,29,30). The first-order chi connectivity index (χ1) is 16.3. The molecule has 4 aromatic rings. The Labute approximate surface area is 196 Å². The van der Waals surface area contributed by atoms with E-state index in [0.29, 0.717) is 28.6 Å². The average molecular weight is 485 g/mol. The average Bonchev–Trinajstić information content (AvgIpc) is 3.46. The summed E-state index contributed by atoms with van der Waals surface area (Å²) in [6, 6.07) is 15.7. The number of carbonyl (C=O) groups is 1. The van der Waals surface area contributed by atoms with E-state index in [0.717, 1.165) is 33.7 Å². The fraction of sp³-hybridized carbons (Fsp3) is 0.167. The van der Waals surface area contributed by atoms with Gasteiger partial charge in [0.05, 0.1) is 15.8 Å². The zero-order valence-electron chi connectivity index (χ0n) is 17.6. The number of alkyl halides is 3. The number of anilines is 1. The maximum absolute atomic E-state index is 12.9. The fourth-order valence-corrected chi connectivity index (χ4v) is 4.41. The van der Waals surface area contributed by atoms with Crippen LogP contribution in [0.2, 0.25) is 0 Å². The molecule has 2 heterocycles. The number of rotatable bonds is 6. The van der Waals surface area contributed by atoms with Crippen LogP contribution in [0.25, 0.3) is 10.2 Å². The molecule has 1 aromatic heterocycles. The van der Waals surface area contributed by atoms with Crippen molar-refractivity contribution in [3.63, 3.8) is 0 Å². The van der Waals surface area contributed by atoms with Crippen molar-refractivity contribution in [2.75, 3.05) is 12.1 Å². The van der Waals surface area contributed by atoms with Gasteiger partial charge in [-0.2, -0.15) is 13.2 Å². The quantitative estimate of drug-likeness (QED) is 0.373. The number of benzene rings is 3. The van der Waals surface area contributed by atoms with Gasteiger partial charge in [-0.05, 0) is 53.6 Å². The van der Waals surface area contributed by atoms with Crippen molar-refractivity contribution >= 4 is 32.6 Å². The molecule has 10 heteroatoms. The van der Waals surface area contributed by atoms with E-state index < -0.39 is 11.7 Å². The van der Waals surface area contributed by atoms with Crippen molar-refractivity contribution in [1.29, 1.82) is 0 Å². The second kappa shape index (κ2) is 8.86. The van der Waals surface area contributed by atoms with E-state index in [4.69, 9.17) is 9.47 Å². The Balaban J connectivity index is 1.23. The second-order valence-electron chi connectivity index (χ2n) is 7.62. The summed E-state index contributed by atoms with van der Waals surface area (Å²) in [7, 11) is 0. The first-order valence-electron chi connectivity index (χ1n) is 10.3. The third kappa shape index (κ3) is 4.76. The number of carbonyl (C=O) groups excluding carboxylic acids is 1. The lowest BCUT2D eigenvalue weighted by Crippen LogP contribution is -2.22. The molecule has 174 valence electrons. The molecule has 0 atom stereocenters. The smallest absolute Gasteiger partial charge is 0.416 e. The molecule has 34 heavy (non-hydrogen) atoms. The zero-order valence-corrected chi connectivity index (χ0v) is 18.4. The second-order valence-corrected chi connectivity index (χ2v) is 8.65. The number of hydrogen-bond acceptors (Lipinski definition) is 6. The Morgan fingerprint density at radius 3 is 2.65 bits per heavy atom. The first-order valence-corrected chi connectivity index (χ1v) is 11.1. The largest absolute Gasteiger partial charge is 0.454 e. The molecular weight excluding hydrogens is 467 g/mol. The minimum Gasteiger partial charge on any atom is -0.454 e. The highest BCUT2D eigenvalue weighted by Gasteiger charge is 2.30. The molecule has 0 spiro atoms. The third-order valence-electron chi connectivity index (χ3n) is 5.24. The summed E-state index contributed by atoms with van der Waals surface area (Å²) in [6.45, 7) is 0.757. The number of nitrogens with one attached hydrogen (secondary N) is 2. The van der Waals surface area contributed by atoms with Crippen LogP contribution in [0.5, 0.6) is 11.5 Å². The maximum Gasteiger partial charge on any atom is 0.416 e. The Morgan fingerprint density at radius 1 is 0.971 bits per heavy atom. The van der Waals surface area contributed by atoms with Gasteiger partial charge < -0.3 is 20.1 Å². The van der Waals surface area contributed by atoms with E-state index >= 15 is 0 Å². The summed E-state index contributed by atoms with van der Waals surface area (Å²) >= 11 is 1.41. The van der Waals surface area contributed by atoms with Gasteiger partial charge in [-0.25, -0.2) is 4.98 Å². The molecule has 0 saturated carbocycles. The van der Waals surface area contributed by atoms with Crippen LogP contribution >= 0.6 is 11.3 Å². The minimum absolute atomic E-state index is 0.00812. The third-order valence-corrected chi connectivity index (χ3v) is 6.21. The fourth-order valence-electron chi connectivity index (χ4n) is 3.51. The van der Waals surface area contributed by atoms with Gasteiger partial charge in [0.15, 0.2) is 16.6 Å². The van der Waals surface area contributed by atoms with E-state index in [1.54, 1.807) is 24.3 Å². The highest BCUT2D eigenvalue weighted by atomic mass is 32.1. The van der Waals surface area contributed by atoms with Gasteiger partial charge in [0.2, 0.25) is 6.79 Å². The normalized spacial score (nSPS) is 12.7. The monoisotopic (exact) mass is 485 g/mol. The molecule has 1 aliphatic rings. The van der Waals surface area contributed by atoms with Crippen molar-refractivity contribution < 1.29 is 27.4 Å². The van der Waals surface area contributed by atoms with Crippen LogP contribution in [0, 0.1) is 0 Å². The van der Waals surface area contributed by atoms with Crippen molar-refractivity contribution in [2.24, 2.45) is 0 Å². The van der Waals surface area contributed by atoms with Crippen LogP contribution in [0.4, 0.5) is 18.3 Å². The molecule has 1 amide bonds. The van der Waals surface area contributed by atoms with E-state index in [1.165, 1.54) is 17.4 Å². The summed E-state index contributed by atoms with van der Waals surface area (Å²) in [5, 5.41) is 6.65. The Kier molecular flexibility index (Phi) is 5.74. The molecule has 1 aliphatic heterocycles. The number of thiazole rings is 1. The molecule has 0 saturated heterocycles. The van der Waals surface area contributed by atoms with Crippen LogP contribution in [0.3, 0.4) is 0 Å². The van der Waals surface area contributed by atoms with E-state index in [-0.39, 0.29) is 19.2 Å². The molecule has 0 aliphatic carbocycles. The van der Waals surface area contributed by atoms with Gasteiger partial charge in [-0.15, -0.1) is 0 Å². The highest BCUT2D eigenvalue weighted by Crippen LogP contribution is 2.33. The summed E-state index contributed by atoms with van der Waals surface area (Å²) in [5.41, 5.74) is 1.79. The molecule has 0 fully saturated rings. The zero-order chi connectivity index (χ0) is 23.7. The molecule has 0 unspecified atom stereocenters. The lowest BCUT2D eigenvalue weighted by Gasteiger charge is -2.09. The van der Waals surface area contributed by atoms with E-state index in [9.17, 15) is 18.0 Å². The molecule has 5 rings (SSSR count). The highest BCUT2D eigenvalue weighted by molar-refractivity contribution is 7.22. The van der Waals surface area contributed by atoms with Crippen LogP contribution in [0.15, 0.2) is 60.7 Å². The minimum atomic E-state index is -4.42. The van der Waals surface area contributed by atoms with Gasteiger partial charge in [0.25, 0.3) is 5.91 Å². The van der Waals surface area contributed by atoms with Crippen LogP contribution in [-0.4, -0.2) is 17.7 Å². The van der Waals surface area contributed by atoms with Crippen LogP contribution < -0.4 is 20.1 Å². The predicted octanol–water partition coefficient (Wildman–Crippen LogP) is 5.59. The van der Waals surface area contributed by atoms with Crippen molar-refractivity contribution in [2.45, 2.75) is 19.3 Å². The van der Waals surface area contributed by atoms with Crippen molar-refractivity contribution in [1.82, 2.24) is 10.3 Å². The number of ether oxygens (including phenoxy) is 2. The number of halogens is 3. The first kappa shape index (κ1) is 22.0. The number of hydrogen-bond donors (Lipinski definition) is 2. The summed E-state index contributed by atoms with van der Waals surface area (Å²) in [6.07, 6.45) is -4.42. The number of amides is 1. The predicted molar refractivity (Wildman–Crippen MR) is 122 cm³/mol. The Hall–Kier alpha value is -3.79. The molecule has 0 bridgehead atoms. The van der Waals surface area contributed by atoms with E-state index in [1.807, 2.05) is 18.2 Å².